The van der Waals surface area contributed by atoms with E-state index in [0.29, 0.717) is 20.6 Å². The molecule has 2 rings (SSSR count). The van der Waals surface area contributed by atoms with Crippen molar-refractivity contribution in [2.75, 3.05) is 0 Å². The number of hydrogen-bond donors (Lipinski definition) is 2. The van der Waals surface area contributed by atoms with Crippen molar-refractivity contribution < 1.29 is 8.78 Å². The highest BCUT2D eigenvalue weighted by atomic mass is 79.9. The molecule has 106 valence electrons. The molecule has 0 amide bonds. The third-order valence-corrected chi connectivity index (χ3v) is 3.85. The van der Waals surface area contributed by atoms with Crippen LogP contribution < -0.4 is 11.3 Å². The summed E-state index contributed by atoms with van der Waals surface area (Å²) in [6.45, 7) is 0. The quantitative estimate of drug-likeness (QED) is 0.635. The van der Waals surface area contributed by atoms with E-state index in [2.05, 4.69) is 21.4 Å². The van der Waals surface area contributed by atoms with E-state index in [1.54, 1.807) is 18.2 Å². The lowest BCUT2D eigenvalue weighted by molar-refractivity contribution is 0.498. The first-order valence-electron chi connectivity index (χ1n) is 5.87. The summed E-state index contributed by atoms with van der Waals surface area (Å²) in [5, 5.41) is 0.292. The number of halogens is 4. The predicted octanol–water partition coefficient (Wildman–Crippen LogP) is 4.13. The summed E-state index contributed by atoms with van der Waals surface area (Å²) in [4.78, 5) is 0. The Kier molecular flexibility index (Phi) is 5.10. The molecule has 0 bridgehead atoms. The summed E-state index contributed by atoms with van der Waals surface area (Å²) in [6, 6.07) is 8.36. The first-order valence-corrected chi connectivity index (χ1v) is 7.04. The first-order chi connectivity index (χ1) is 9.52. The molecule has 2 nitrogen and oxygen atoms in total. The molecule has 0 aliphatic carbocycles. The molecule has 0 heterocycles. The van der Waals surface area contributed by atoms with Crippen LogP contribution in [0.1, 0.15) is 17.2 Å². The van der Waals surface area contributed by atoms with Gasteiger partial charge in [0.1, 0.15) is 11.6 Å². The Hall–Kier alpha value is -1.01. The van der Waals surface area contributed by atoms with E-state index in [1.807, 2.05) is 0 Å². The molecule has 0 aliphatic heterocycles. The zero-order valence-electron chi connectivity index (χ0n) is 10.3. The van der Waals surface area contributed by atoms with E-state index in [4.69, 9.17) is 17.4 Å². The second-order valence-electron chi connectivity index (χ2n) is 4.29. The van der Waals surface area contributed by atoms with Crippen LogP contribution in [0.5, 0.6) is 0 Å². The molecular formula is C14H12BrClF2N2. The summed E-state index contributed by atoms with van der Waals surface area (Å²) in [5.41, 5.74) is 3.15. The lowest BCUT2D eigenvalue weighted by Gasteiger charge is -2.18. The number of benzene rings is 2. The van der Waals surface area contributed by atoms with Crippen molar-refractivity contribution in [3.8, 4) is 0 Å². The maximum absolute atomic E-state index is 13.9. The summed E-state index contributed by atoms with van der Waals surface area (Å²) in [5.74, 6) is 4.62. The van der Waals surface area contributed by atoms with Gasteiger partial charge < -0.3 is 0 Å². The molecule has 0 spiro atoms. The molecule has 0 saturated carbocycles. The molecular weight excluding hydrogens is 350 g/mol. The molecule has 1 atom stereocenters. The minimum Gasteiger partial charge on any atom is -0.271 e. The van der Waals surface area contributed by atoms with Crippen molar-refractivity contribution in [2.45, 2.75) is 12.5 Å². The van der Waals surface area contributed by atoms with E-state index in [-0.39, 0.29) is 6.42 Å². The van der Waals surface area contributed by atoms with Crippen molar-refractivity contribution in [3.05, 3.63) is 68.7 Å². The van der Waals surface area contributed by atoms with E-state index >= 15 is 0 Å². The topological polar surface area (TPSA) is 38.0 Å². The zero-order chi connectivity index (χ0) is 14.7. The Labute approximate surface area is 129 Å². The Bertz CT molecular complexity index is 602. The lowest BCUT2D eigenvalue weighted by atomic mass is 9.98. The molecule has 20 heavy (non-hydrogen) atoms. The Morgan fingerprint density at radius 2 is 1.95 bits per heavy atom. The van der Waals surface area contributed by atoms with Crippen LogP contribution in [0.25, 0.3) is 0 Å². The van der Waals surface area contributed by atoms with Crippen molar-refractivity contribution in [2.24, 2.45) is 5.84 Å². The van der Waals surface area contributed by atoms with E-state index in [0.717, 1.165) is 0 Å². The van der Waals surface area contributed by atoms with Gasteiger partial charge in [-0.3, -0.25) is 11.3 Å². The van der Waals surface area contributed by atoms with E-state index in [9.17, 15) is 8.78 Å². The highest BCUT2D eigenvalue weighted by molar-refractivity contribution is 9.10. The molecule has 0 radical (unpaired) electrons. The fourth-order valence-corrected chi connectivity index (χ4v) is 2.59. The highest BCUT2D eigenvalue weighted by Crippen LogP contribution is 2.28. The van der Waals surface area contributed by atoms with Gasteiger partial charge in [-0.1, -0.05) is 33.6 Å². The van der Waals surface area contributed by atoms with Crippen molar-refractivity contribution >= 4 is 27.5 Å². The van der Waals surface area contributed by atoms with E-state index in [1.165, 1.54) is 18.2 Å². The summed E-state index contributed by atoms with van der Waals surface area (Å²) in [7, 11) is 0. The van der Waals surface area contributed by atoms with Crippen molar-refractivity contribution in [1.82, 2.24) is 5.43 Å². The standard InChI is InChI=1S/C14H12BrClF2N2/c15-8-4-5-13(18)10(6-8)14(20-19)7-9-11(16)2-1-3-12(9)17/h1-6,14,20H,7,19H2. The fraction of sp³-hybridized carbons (Fsp3) is 0.143. The number of hydrazine groups is 1. The molecule has 1 unspecified atom stereocenters. The smallest absolute Gasteiger partial charge is 0.128 e. The normalized spacial score (nSPS) is 12.4. The molecule has 3 N–H and O–H groups in total. The highest BCUT2D eigenvalue weighted by Gasteiger charge is 2.19. The van der Waals surface area contributed by atoms with Crippen LogP contribution in [-0.2, 0) is 6.42 Å². The maximum Gasteiger partial charge on any atom is 0.128 e. The van der Waals surface area contributed by atoms with Gasteiger partial charge in [-0.05, 0) is 36.8 Å². The molecule has 0 aliphatic rings. The largest absolute Gasteiger partial charge is 0.271 e. The third-order valence-electron chi connectivity index (χ3n) is 3.00. The average molecular weight is 362 g/mol. The average Bonchev–Trinajstić information content (AvgIpc) is 2.42. The van der Waals surface area contributed by atoms with Gasteiger partial charge in [0.05, 0.1) is 6.04 Å². The number of hydrogen-bond acceptors (Lipinski definition) is 2. The molecule has 0 saturated heterocycles. The fourth-order valence-electron chi connectivity index (χ4n) is 1.97. The lowest BCUT2D eigenvalue weighted by Crippen LogP contribution is -2.30. The monoisotopic (exact) mass is 360 g/mol. The third kappa shape index (κ3) is 3.35. The van der Waals surface area contributed by atoms with Crippen LogP contribution in [0.2, 0.25) is 5.02 Å². The molecule has 0 aromatic heterocycles. The Morgan fingerprint density at radius 3 is 2.60 bits per heavy atom. The summed E-state index contributed by atoms with van der Waals surface area (Å²) < 4.78 is 28.4. The van der Waals surface area contributed by atoms with Gasteiger partial charge >= 0.3 is 0 Å². The van der Waals surface area contributed by atoms with E-state index < -0.39 is 17.7 Å². The van der Waals surface area contributed by atoms with Crippen LogP contribution >= 0.6 is 27.5 Å². The first kappa shape index (κ1) is 15.4. The number of rotatable bonds is 4. The van der Waals surface area contributed by atoms with Gasteiger partial charge in [-0.15, -0.1) is 0 Å². The molecule has 2 aromatic carbocycles. The molecule has 0 fully saturated rings. The minimum atomic E-state index is -0.582. The Morgan fingerprint density at radius 1 is 1.20 bits per heavy atom. The number of nitrogens with two attached hydrogens (primary N) is 1. The molecule has 2 aromatic rings. The predicted molar refractivity (Wildman–Crippen MR) is 79.3 cm³/mol. The van der Waals surface area contributed by atoms with Crippen molar-refractivity contribution in [3.63, 3.8) is 0 Å². The van der Waals surface area contributed by atoms with Gasteiger partial charge in [0.25, 0.3) is 0 Å². The van der Waals surface area contributed by atoms with Crippen LogP contribution in [0.15, 0.2) is 40.9 Å². The second-order valence-corrected chi connectivity index (χ2v) is 5.61. The molecule has 6 heteroatoms. The van der Waals surface area contributed by atoms with Gasteiger partial charge in [0, 0.05) is 20.6 Å². The van der Waals surface area contributed by atoms with Gasteiger partial charge in [0.2, 0.25) is 0 Å². The zero-order valence-corrected chi connectivity index (χ0v) is 12.7. The summed E-state index contributed by atoms with van der Waals surface area (Å²) in [6.07, 6.45) is 0.148. The Balaban J connectivity index is 2.36. The van der Waals surface area contributed by atoms with Gasteiger partial charge in [-0.2, -0.15) is 0 Å². The van der Waals surface area contributed by atoms with Crippen LogP contribution in [0, 0.1) is 11.6 Å². The second kappa shape index (κ2) is 6.63. The van der Waals surface area contributed by atoms with Crippen LogP contribution in [0.3, 0.4) is 0 Å². The summed E-state index contributed by atoms with van der Waals surface area (Å²) >= 11 is 9.25. The van der Waals surface area contributed by atoms with Gasteiger partial charge in [0.15, 0.2) is 0 Å². The van der Waals surface area contributed by atoms with Crippen LogP contribution in [0.4, 0.5) is 8.78 Å². The maximum atomic E-state index is 13.9. The SMILES string of the molecule is NNC(Cc1c(F)cccc1Cl)c1cc(Br)ccc1F. The van der Waals surface area contributed by atoms with Gasteiger partial charge in [-0.25, -0.2) is 8.78 Å². The minimum absolute atomic E-state index is 0.148. The van der Waals surface area contributed by atoms with Crippen molar-refractivity contribution in [1.29, 1.82) is 0 Å². The number of nitrogens with one attached hydrogen (secondary N) is 1. The van der Waals surface area contributed by atoms with Crippen LogP contribution in [-0.4, -0.2) is 0 Å².